The van der Waals surface area contributed by atoms with Crippen LogP contribution < -0.4 is 5.32 Å². The van der Waals surface area contributed by atoms with Crippen molar-refractivity contribution in [2.45, 2.75) is 13.5 Å². The molecular formula is C11H13N7. The summed E-state index contributed by atoms with van der Waals surface area (Å²) in [4.78, 5) is 4.27. The van der Waals surface area contributed by atoms with Crippen molar-refractivity contribution in [3.05, 3.63) is 36.2 Å². The molecule has 0 radical (unpaired) electrons. The van der Waals surface area contributed by atoms with Gasteiger partial charge in [0.1, 0.15) is 5.82 Å². The van der Waals surface area contributed by atoms with Crippen LogP contribution in [-0.2, 0) is 13.6 Å². The summed E-state index contributed by atoms with van der Waals surface area (Å²) >= 11 is 0. The Morgan fingerprint density at radius 1 is 1.28 bits per heavy atom. The van der Waals surface area contributed by atoms with Gasteiger partial charge in [0.15, 0.2) is 5.82 Å². The molecule has 92 valence electrons. The summed E-state index contributed by atoms with van der Waals surface area (Å²) in [7, 11) is 1.89. The Morgan fingerprint density at radius 3 is 2.94 bits per heavy atom. The van der Waals surface area contributed by atoms with E-state index in [1.807, 2.05) is 36.8 Å². The Labute approximate surface area is 103 Å². The summed E-state index contributed by atoms with van der Waals surface area (Å²) in [5, 5.41) is 15.6. The molecule has 0 saturated carbocycles. The van der Waals surface area contributed by atoms with E-state index in [1.54, 1.807) is 10.9 Å². The number of anilines is 1. The fourth-order valence-corrected chi connectivity index (χ4v) is 1.80. The van der Waals surface area contributed by atoms with Gasteiger partial charge in [0.25, 0.3) is 0 Å². The Hall–Kier alpha value is -2.44. The van der Waals surface area contributed by atoms with Gasteiger partial charge in [0.2, 0.25) is 5.65 Å². The van der Waals surface area contributed by atoms with E-state index in [-0.39, 0.29) is 0 Å². The van der Waals surface area contributed by atoms with Gasteiger partial charge in [-0.15, -0.1) is 10.2 Å². The minimum Gasteiger partial charge on any atom is -0.361 e. The largest absolute Gasteiger partial charge is 0.361 e. The van der Waals surface area contributed by atoms with Crippen molar-refractivity contribution >= 4 is 11.5 Å². The van der Waals surface area contributed by atoms with E-state index in [2.05, 4.69) is 25.6 Å². The van der Waals surface area contributed by atoms with Crippen LogP contribution in [0, 0.1) is 6.92 Å². The summed E-state index contributed by atoms with van der Waals surface area (Å²) in [5.41, 5.74) is 1.68. The van der Waals surface area contributed by atoms with Crippen LogP contribution >= 0.6 is 0 Å². The minimum absolute atomic E-state index is 0.611. The second kappa shape index (κ2) is 4.10. The van der Waals surface area contributed by atoms with Crippen LogP contribution in [0.3, 0.4) is 0 Å². The van der Waals surface area contributed by atoms with Crippen LogP contribution in [0.2, 0.25) is 0 Å². The van der Waals surface area contributed by atoms with Gasteiger partial charge in [-0.2, -0.15) is 5.10 Å². The van der Waals surface area contributed by atoms with Gasteiger partial charge in [-0.1, -0.05) is 0 Å². The lowest BCUT2D eigenvalue weighted by molar-refractivity contribution is 0.747. The van der Waals surface area contributed by atoms with Crippen molar-refractivity contribution in [1.82, 2.24) is 29.4 Å². The number of aryl methyl sites for hydroxylation is 2. The molecule has 0 aliphatic heterocycles. The van der Waals surface area contributed by atoms with E-state index in [4.69, 9.17) is 0 Å². The fraction of sp³-hybridized carbons (Fsp3) is 0.273. The zero-order valence-corrected chi connectivity index (χ0v) is 10.2. The molecule has 0 fully saturated rings. The van der Waals surface area contributed by atoms with Gasteiger partial charge in [-0.3, -0.25) is 9.08 Å². The van der Waals surface area contributed by atoms with Gasteiger partial charge in [-0.25, -0.2) is 4.98 Å². The highest BCUT2D eigenvalue weighted by atomic mass is 15.3. The van der Waals surface area contributed by atoms with Crippen molar-refractivity contribution in [3.8, 4) is 0 Å². The zero-order valence-electron chi connectivity index (χ0n) is 10.2. The normalized spacial score (nSPS) is 11.0. The minimum atomic E-state index is 0.611. The topological polar surface area (TPSA) is 72.9 Å². The molecule has 0 saturated heterocycles. The summed E-state index contributed by atoms with van der Waals surface area (Å²) in [6.45, 7) is 2.52. The third-order valence-electron chi connectivity index (χ3n) is 2.70. The van der Waals surface area contributed by atoms with Gasteiger partial charge in [0, 0.05) is 25.6 Å². The third-order valence-corrected chi connectivity index (χ3v) is 2.70. The number of hydrogen-bond donors (Lipinski definition) is 1. The first-order chi connectivity index (χ1) is 8.74. The molecule has 0 atom stereocenters. The van der Waals surface area contributed by atoms with Crippen molar-refractivity contribution in [2.24, 2.45) is 7.05 Å². The van der Waals surface area contributed by atoms with E-state index in [0.717, 1.165) is 17.2 Å². The average molecular weight is 243 g/mol. The molecular weight excluding hydrogens is 230 g/mol. The number of hydrogen-bond acceptors (Lipinski definition) is 5. The van der Waals surface area contributed by atoms with Crippen LogP contribution in [0.25, 0.3) is 5.65 Å². The van der Waals surface area contributed by atoms with E-state index in [1.165, 1.54) is 0 Å². The Bertz CT molecular complexity index is 682. The lowest BCUT2D eigenvalue weighted by atomic mass is 10.4. The smallest absolute Gasteiger partial charge is 0.203 e. The van der Waals surface area contributed by atoms with Crippen LogP contribution in [0.5, 0.6) is 0 Å². The van der Waals surface area contributed by atoms with Crippen molar-refractivity contribution < 1.29 is 0 Å². The summed E-state index contributed by atoms with van der Waals surface area (Å²) in [6, 6.07) is 1.96. The van der Waals surface area contributed by atoms with E-state index >= 15 is 0 Å². The molecule has 3 rings (SSSR count). The Morgan fingerprint density at radius 2 is 2.17 bits per heavy atom. The average Bonchev–Trinajstić information content (AvgIpc) is 2.94. The maximum absolute atomic E-state index is 4.29. The molecule has 18 heavy (non-hydrogen) atoms. The van der Waals surface area contributed by atoms with Crippen LogP contribution in [0.4, 0.5) is 5.82 Å². The molecule has 0 aromatic carbocycles. The van der Waals surface area contributed by atoms with E-state index in [0.29, 0.717) is 12.4 Å². The number of rotatable bonds is 3. The second-order valence-electron chi connectivity index (χ2n) is 4.05. The predicted octanol–water partition coefficient (Wildman–Crippen LogP) is 0.778. The molecule has 0 bridgehead atoms. The molecule has 7 nitrogen and oxygen atoms in total. The van der Waals surface area contributed by atoms with Gasteiger partial charge in [-0.05, 0) is 13.0 Å². The molecule has 0 aliphatic rings. The molecule has 0 aliphatic carbocycles. The first kappa shape index (κ1) is 10.7. The standard InChI is InChI=1S/C11H13N7/c1-8-14-15-11-10(12-4-6-18(8)11)13-7-9-3-5-17(2)16-9/h3-6H,7H2,1-2H3,(H,12,13). The first-order valence-corrected chi connectivity index (χ1v) is 5.63. The molecule has 3 aromatic rings. The predicted molar refractivity (Wildman–Crippen MR) is 66.1 cm³/mol. The number of aromatic nitrogens is 6. The number of nitrogens with zero attached hydrogens (tertiary/aromatic N) is 6. The maximum Gasteiger partial charge on any atom is 0.203 e. The Kier molecular flexibility index (Phi) is 2.44. The number of nitrogens with one attached hydrogen (secondary N) is 1. The van der Waals surface area contributed by atoms with Gasteiger partial charge >= 0.3 is 0 Å². The van der Waals surface area contributed by atoms with Crippen LogP contribution in [0.1, 0.15) is 11.5 Å². The van der Waals surface area contributed by atoms with Crippen molar-refractivity contribution in [1.29, 1.82) is 0 Å². The lowest BCUT2D eigenvalue weighted by Crippen LogP contribution is -2.05. The van der Waals surface area contributed by atoms with Gasteiger partial charge < -0.3 is 5.32 Å². The SMILES string of the molecule is Cc1nnc2c(NCc3ccn(C)n3)nccn12. The highest BCUT2D eigenvalue weighted by Gasteiger charge is 2.07. The first-order valence-electron chi connectivity index (χ1n) is 5.63. The second-order valence-corrected chi connectivity index (χ2v) is 4.05. The third kappa shape index (κ3) is 1.79. The van der Waals surface area contributed by atoms with Crippen molar-refractivity contribution in [3.63, 3.8) is 0 Å². The highest BCUT2D eigenvalue weighted by molar-refractivity contribution is 5.61. The molecule has 1 N–H and O–H groups in total. The van der Waals surface area contributed by atoms with Gasteiger partial charge in [0.05, 0.1) is 12.2 Å². The molecule has 0 amide bonds. The summed E-state index contributed by atoms with van der Waals surface area (Å²) in [6.07, 6.45) is 5.48. The molecule has 0 spiro atoms. The maximum atomic E-state index is 4.29. The van der Waals surface area contributed by atoms with Crippen LogP contribution in [-0.4, -0.2) is 29.4 Å². The molecule has 7 heteroatoms. The quantitative estimate of drug-likeness (QED) is 0.736. The summed E-state index contributed by atoms with van der Waals surface area (Å²) in [5.74, 6) is 1.55. The monoisotopic (exact) mass is 243 g/mol. The molecule has 0 unspecified atom stereocenters. The highest BCUT2D eigenvalue weighted by Crippen LogP contribution is 2.12. The van der Waals surface area contributed by atoms with E-state index < -0.39 is 0 Å². The molecule has 3 aromatic heterocycles. The van der Waals surface area contributed by atoms with Crippen LogP contribution in [0.15, 0.2) is 24.7 Å². The fourth-order valence-electron chi connectivity index (χ4n) is 1.80. The van der Waals surface area contributed by atoms with Crippen molar-refractivity contribution in [2.75, 3.05) is 5.32 Å². The zero-order chi connectivity index (χ0) is 12.5. The summed E-state index contributed by atoms with van der Waals surface area (Å²) < 4.78 is 3.67. The molecule has 3 heterocycles. The number of fused-ring (bicyclic) bond motifs is 1. The lowest BCUT2D eigenvalue weighted by Gasteiger charge is -2.04. The Balaban J connectivity index is 1.86. The van der Waals surface area contributed by atoms with E-state index in [9.17, 15) is 0 Å².